The molecule has 0 aliphatic carbocycles. The van der Waals surface area contributed by atoms with Crippen molar-refractivity contribution in [2.75, 3.05) is 7.11 Å². The van der Waals surface area contributed by atoms with Crippen molar-refractivity contribution in [2.24, 2.45) is 0 Å². The molecule has 0 bridgehead atoms. The number of ether oxygens (including phenoxy) is 1. The molecule has 0 aliphatic heterocycles. The molecule has 0 fully saturated rings. The molecule has 25 heavy (non-hydrogen) atoms. The second kappa shape index (κ2) is 6.80. The molecule has 0 saturated carbocycles. The van der Waals surface area contributed by atoms with Gasteiger partial charge < -0.3 is 4.74 Å². The topological polar surface area (TPSA) is 44.1 Å². The second-order valence-electron chi connectivity index (χ2n) is 5.28. The molecule has 1 atom stereocenters. The Morgan fingerprint density at radius 2 is 1.72 bits per heavy atom. The van der Waals surface area contributed by atoms with Crippen LogP contribution in [0.15, 0.2) is 54.9 Å². The summed E-state index contributed by atoms with van der Waals surface area (Å²) in [6, 6.07) is 7.88. The highest BCUT2D eigenvalue weighted by atomic mass is 19.2. The Morgan fingerprint density at radius 3 is 2.28 bits per heavy atom. The van der Waals surface area contributed by atoms with Crippen LogP contribution in [-0.4, -0.2) is 22.9 Å². The summed E-state index contributed by atoms with van der Waals surface area (Å²) < 4.78 is 47.1. The van der Waals surface area contributed by atoms with E-state index in [2.05, 4.69) is 5.10 Å². The summed E-state index contributed by atoms with van der Waals surface area (Å²) in [7, 11) is 1.20. The van der Waals surface area contributed by atoms with Gasteiger partial charge in [0, 0.05) is 18.0 Å². The molecule has 4 nitrogen and oxygen atoms in total. The van der Waals surface area contributed by atoms with Gasteiger partial charge in [0.15, 0.2) is 17.7 Å². The first-order valence-corrected chi connectivity index (χ1v) is 7.33. The molecule has 0 aliphatic rings. The Labute approximate surface area is 141 Å². The summed E-state index contributed by atoms with van der Waals surface area (Å²) in [5.41, 5.74) is 0.726. The van der Waals surface area contributed by atoms with Crippen molar-refractivity contribution < 1.29 is 22.7 Å². The Hall–Kier alpha value is -3.09. The average molecular weight is 346 g/mol. The van der Waals surface area contributed by atoms with Crippen molar-refractivity contribution in [2.45, 2.75) is 6.04 Å². The van der Waals surface area contributed by atoms with Gasteiger partial charge in [-0.25, -0.2) is 18.0 Å². The Morgan fingerprint density at radius 1 is 1.04 bits per heavy atom. The molecule has 1 aromatic heterocycles. The van der Waals surface area contributed by atoms with Gasteiger partial charge in [-0.3, -0.25) is 4.68 Å². The van der Waals surface area contributed by atoms with Gasteiger partial charge in [-0.15, -0.1) is 0 Å². The number of benzene rings is 2. The fraction of sp³-hybridized carbons (Fsp3) is 0.111. The van der Waals surface area contributed by atoms with E-state index in [9.17, 15) is 18.0 Å². The fourth-order valence-electron chi connectivity index (χ4n) is 2.53. The highest BCUT2D eigenvalue weighted by molar-refractivity contribution is 5.78. The average Bonchev–Trinajstić information content (AvgIpc) is 3.13. The lowest BCUT2D eigenvalue weighted by Gasteiger charge is -2.17. The molecule has 3 aromatic rings. The quantitative estimate of drug-likeness (QED) is 0.676. The van der Waals surface area contributed by atoms with Crippen LogP contribution < -0.4 is 0 Å². The maximum Gasteiger partial charge on any atom is 0.335 e. The molecule has 3 rings (SSSR count). The summed E-state index contributed by atoms with van der Waals surface area (Å²) in [5.74, 6) is -3.37. The van der Waals surface area contributed by atoms with Crippen molar-refractivity contribution in [3.05, 3.63) is 77.9 Å². The van der Waals surface area contributed by atoms with Crippen molar-refractivity contribution in [3.63, 3.8) is 0 Å². The molecule has 1 unspecified atom stereocenters. The first-order chi connectivity index (χ1) is 12.0. The summed E-state index contributed by atoms with van der Waals surface area (Å²) in [4.78, 5) is 12.1. The molecule has 0 amide bonds. The van der Waals surface area contributed by atoms with E-state index in [0.717, 1.165) is 18.2 Å². The van der Waals surface area contributed by atoms with Gasteiger partial charge in [0.1, 0.15) is 5.82 Å². The van der Waals surface area contributed by atoms with Crippen molar-refractivity contribution in [3.8, 4) is 11.1 Å². The van der Waals surface area contributed by atoms with E-state index in [0.29, 0.717) is 11.1 Å². The third-order valence-corrected chi connectivity index (χ3v) is 3.76. The first-order valence-electron chi connectivity index (χ1n) is 7.33. The molecule has 0 N–H and O–H groups in total. The van der Waals surface area contributed by atoms with Crippen molar-refractivity contribution in [1.82, 2.24) is 9.78 Å². The molecule has 0 radical (unpaired) electrons. The Balaban J connectivity index is 2.03. The number of halogens is 3. The standard InChI is InChI=1S/C18H13F3N2O2/c1-25-18(24)17(23-8-2-7-22-23)13-5-3-11(9-15(13)20)12-4-6-14(19)16(21)10-12/h2-10,17H,1H3. The van der Waals surface area contributed by atoms with Crippen molar-refractivity contribution in [1.29, 1.82) is 0 Å². The predicted octanol–water partition coefficient (Wildman–Crippen LogP) is 3.73. The summed E-state index contributed by atoms with van der Waals surface area (Å²) >= 11 is 0. The minimum atomic E-state index is -1.08. The number of carbonyl (C=O) groups is 1. The third kappa shape index (κ3) is 3.26. The van der Waals surface area contributed by atoms with E-state index >= 15 is 0 Å². The molecule has 0 spiro atoms. The first kappa shape index (κ1) is 16.8. The van der Waals surface area contributed by atoms with Crippen LogP contribution in [0.25, 0.3) is 11.1 Å². The second-order valence-corrected chi connectivity index (χ2v) is 5.28. The Kier molecular flexibility index (Phi) is 4.56. The molecule has 128 valence electrons. The number of hydrogen-bond acceptors (Lipinski definition) is 3. The number of methoxy groups -OCH3 is 1. The summed E-state index contributed by atoms with van der Waals surface area (Å²) in [5, 5.41) is 3.96. The number of hydrogen-bond donors (Lipinski definition) is 0. The molecule has 0 saturated heterocycles. The molecule has 7 heteroatoms. The molecule has 2 aromatic carbocycles. The third-order valence-electron chi connectivity index (χ3n) is 3.76. The van der Waals surface area contributed by atoms with E-state index in [4.69, 9.17) is 4.74 Å². The van der Waals surface area contributed by atoms with Crippen LogP contribution >= 0.6 is 0 Å². The van der Waals surface area contributed by atoms with Gasteiger partial charge in [0.05, 0.1) is 7.11 Å². The van der Waals surface area contributed by atoms with Crippen LogP contribution in [0.2, 0.25) is 0 Å². The Bertz CT molecular complexity index is 911. The fourth-order valence-corrected chi connectivity index (χ4v) is 2.53. The van der Waals surface area contributed by atoms with E-state index in [-0.39, 0.29) is 5.56 Å². The number of aromatic nitrogens is 2. The van der Waals surface area contributed by atoms with Gasteiger partial charge in [0.2, 0.25) is 0 Å². The minimum Gasteiger partial charge on any atom is -0.467 e. The predicted molar refractivity (Wildman–Crippen MR) is 84.1 cm³/mol. The maximum atomic E-state index is 14.6. The van der Waals surface area contributed by atoms with Gasteiger partial charge in [-0.2, -0.15) is 5.10 Å². The zero-order chi connectivity index (χ0) is 18.0. The van der Waals surface area contributed by atoms with E-state index < -0.39 is 29.5 Å². The molecule has 1 heterocycles. The van der Waals surface area contributed by atoms with Crippen LogP contribution in [0, 0.1) is 17.5 Å². The van der Waals surface area contributed by atoms with Crippen molar-refractivity contribution >= 4 is 5.97 Å². The smallest absolute Gasteiger partial charge is 0.335 e. The number of esters is 1. The zero-order valence-corrected chi connectivity index (χ0v) is 13.1. The van der Waals surface area contributed by atoms with Crippen LogP contribution in [-0.2, 0) is 9.53 Å². The highest BCUT2D eigenvalue weighted by Crippen LogP contribution is 2.28. The number of carbonyl (C=O) groups excluding carboxylic acids is 1. The van der Waals surface area contributed by atoms with Crippen LogP contribution in [0.4, 0.5) is 13.2 Å². The van der Waals surface area contributed by atoms with E-state index in [1.807, 2.05) is 0 Å². The monoisotopic (exact) mass is 346 g/mol. The zero-order valence-electron chi connectivity index (χ0n) is 13.1. The van der Waals surface area contributed by atoms with Crippen LogP contribution in [0.5, 0.6) is 0 Å². The molecular weight excluding hydrogens is 333 g/mol. The lowest BCUT2D eigenvalue weighted by Crippen LogP contribution is -2.23. The van der Waals surface area contributed by atoms with E-state index in [1.54, 1.807) is 6.07 Å². The normalized spacial score (nSPS) is 12.0. The minimum absolute atomic E-state index is 0.0573. The lowest BCUT2D eigenvalue weighted by molar-refractivity contribution is -0.143. The van der Waals surface area contributed by atoms with Crippen LogP contribution in [0.1, 0.15) is 11.6 Å². The summed E-state index contributed by atoms with van der Waals surface area (Å²) in [6.07, 6.45) is 2.98. The van der Waals surface area contributed by atoms with Gasteiger partial charge in [0.25, 0.3) is 0 Å². The van der Waals surface area contributed by atoms with Gasteiger partial charge in [-0.1, -0.05) is 18.2 Å². The lowest BCUT2D eigenvalue weighted by atomic mass is 10.00. The van der Waals surface area contributed by atoms with Gasteiger partial charge >= 0.3 is 5.97 Å². The van der Waals surface area contributed by atoms with Gasteiger partial charge in [-0.05, 0) is 35.4 Å². The van der Waals surface area contributed by atoms with Crippen LogP contribution in [0.3, 0.4) is 0 Å². The SMILES string of the molecule is COC(=O)C(c1ccc(-c2ccc(F)c(F)c2)cc1F)n1cccn1. The summed E-state index contributed by atoms with van der Waals surface area (Å²) in [6.45, 7) is 0. The largest absolute Gasteiger partial charge is 0.467 e. The number of nitrogens with zero attached hydrogens (tertiary/aromatic N) is 2. The highest BCUT2D eigenvalue weighted by Gasteiger charge is 2.27. The molecular formula is C18H13F3N2O2. The maximum absolute atomic E-state index is 14.6. The van der Waals surface area contributed by atoms with E-state index in [1.165, 1.54) is 42.4 Å². The number of rotatable bonds is 4.